The lowest BCUT2D eigenvalue weighted by molar-refractivity contribution is 0.422. The maximum atomic E-state index is 12.6. The van der Waals surface area contributed by atoms with E-state index in [0.29, 0.717) is 28.3 Å². The molecule has 0 bridgehead atoms. The summed E-state index contributed by atoms with van der Waals surface area (Å²) in [5.41, 5.74) is 2.01. The van der Waals surface area contributed by atoms with Crippen LogP contribution >= 0.6 is 11.3 Å². The second-order valence-corrected chi connectivity index (χ2v) is 7.77. The van der Waals surface area contributed by atoms with Gasteiger partial charge < -0.3 is 4.52 Å². The number of benzene rings is 1. The third-order valence-corrected chi connectivity index (χ3v) is 6.10. The molecule has 1 aromatic carbocycles. The summed E-state index contributed by atoms with van der Waals surface area (Å²) in [7, 11) is -3.72. The van der Waals surface area contributed by atoms with Crippen molar-refractivity contribution in [2.45, 2.75) is 4.21 Å². The lowest BCUT2D eigenvalue weighted by Crippen LogP contribution is -2.12. The van der Waals surface area contributed by atoms with Crippen molar-refractivity contribution in [3.05, 3.63) is 48.0 Å². The Kier molecular flexibility index (Phi) is 3.78. The molecule has 25 heavy (non-hydrogen) atoms. The van der Waals surface area contributed by atoms with Gasteiger partial charge in [0.05, 0.1) is 5.69 Å². The summed E-state index contributed by atoms with van der Waals surface area (Å²) < 4.78 is 32.8. The van der Waals surface area contributed by atoms with Crippen molar-refractivity contribution in [2.75, 3.05) is 4.72 Å². The highest BCUT2D eigenvalue weighted by molar-refractivity contribution is 7.94. The van der Waals surface area contributed by atoms with Gasteiger partial charge in [0.1, 0.15) is 16.2 Å². The van der Waals surface area contributed by atoms with Crippen LogP contribution in [0.3, 0.4) is 0 Å². The molecule has 3 aromatic heterocycles. The van der Waals surface area contributed by atoms with Gasteiger partial charge in [-0.25, -0.2) is 8.42 Å². The van der Waals surface area contributed by atoms with E-state index in [-0.39, 0.29) is 4.21 Å². The van der Waals surface area contributed by atoms with E-state index >= 15 is 0 Å². The Morgan fingerprint density at radius 2 is 2.12 bits per heavy atom. The average Bonchev–Trinajstić information content (AvgIpc) is 3.36. The van der Waals surface area contributed by atoms with Crippen LogP contribution in [0, 0.1) is 0 Å². The number of aromatic nitrogens is 5. The molecular weight excluding hydrogens is 364 g/mol. The highest BCUT2D eigenvalue weighted by atomic mass is 32.2. The van der Waals surface area contributed by atoms with E-state index in [2.05, 4.69) is 30.5 Å². The third-order valence-electron chi connectivity index (χ3n) is 3.34. The largest absolute Gasteiger partial charge is 0.364 e. The van der Waals surface area contributed by atoms with Crippen molar-refractivity contribution < 1.29 is 12.9 Å². The summed E-state index contributed by atoms with van der Waals surface area (Å²) in [6.45, 7) is 0. The summed E-state index contributed by atoms with van der Waals surface area (Å²) in [5.74, 6) is 0.350. The molecule has 0 aliphatic heterocycles. The first-order valence-corrected chi connectivity index (χ1v) is 9.35. The van der Waals surface area contributed by atoms with Crippen molar-refractivity contribution in [3.8, 4) is 22.6 Å². The number of nitrogens with zero attached hydrogens (tertiary/aromatic N) is 4. The lowest BCUT2D eigenvalue weighted by Gasteiger charge is -2.11. The fourth-order valence-corrected chi connectivity index (χ4v) is 4.30. The zero-order chi connectivity index (χ0) is 17.3. The fourth-order valence-electron chi connectivity index (χ4n) is 2.24. The molecule has 2 N–H and O–H groups in total. The maximum absolute atomic E-state index is 12.6. The van der Waals surface area contributed by atoms with Gasteiger partial charge in [0, 0.05) is 17.2 Å². The van der Waals surface area contributed by atoms with Crippen LogP contribution in [0.15, 0.2) is 56.8 Å². The number of hydrogen-bond acceptors (Lipinski definition) is 8. The molecule has 11 heteroatoms. The smallest absolute Gasteiger partial charge is 0.271 e. The van der Waals surface area contributed by atoms with Crippen molar-refractivity contribution in [2.24, 2.45) is 0 Å². The summed E-state index contributed by atoms with van der Waals surface area (Å²) in [4.78, 5) is 0. The summed E-state index contributed by atoms with van der Waals surface area (Å²) in [5, 5.41) is 19.3. The second kappa shape index (κ2) is 6.11. The van der Waals surface area contributed by atoms with E-state index in [1.54, 1.807) is 35.7 Å². The third kappa shape index (κ3) is 3.02. The van der Waals surface area contributed by atoms with E-state index in [4.69, 9.17) is 4.52 Å². The van der Waals surface area contributed by atoms with E-state index in [0.717, 1.165) is 11.3 Å². The zero-order valence-electron chi connectivity index (χ0n) is 12.4. The van der Waals surface area contributed by atoms with Crippen molar-refractivity contribution in [1.82, 2.24) is 25.8 Å². The monoisotopic (exact) mass is 374 g/mol. The number of tetrazole rings is 1. The van der Waals surface area contributed by atoms with Crippen molar-refractivity contribution in [1.29, 1.82) is 0 Å². The first-order chi connectivity index (χ1) is 12.1. The Hall–Kier alpha value is -3.05. The summed E-state index contributed by atoms with van der Waals surface area (Å²) in [6, 6.07) is 9.94. The molecule has 0 aliphatic rings. The fraction of sp³-hybridized carbons (Fsp3) is 0. The van der Waals surface area contributed by atoms with Crippen LogP contribution in [0.4, 0.5) is 5.69 Å². The number of H-pyrrole nitrogens is 1. The van der Waals surface area contributed by atoms with Gasteiger partial charge >= 0.3 is 0 Å². The minimum atomic E-state index is -3.72. The van der Waals surface area contributed by atoms with E-state index in [1.165, 1.54) is 12.3 Å². The predicted octanol–water partition coefficient (Wildman–Crippen LogP) is 2.38. The van der Waals surface area contributed by atoms with Gasteiger partial charge in [0.25, 0.3) is 10.0 Å². The quantitative estimate of drug-likeness (QED) is 0.549. The van der Waals surface area contributed by atoms with Crippen LogP contribution < -0.4 is 4.72 Å². The molecule has 0 atom stereocenters. The Labute approximate surface area is 145 Å². The molecule has 0 aliphatic carbocycles. The van der Waals surface area contributed by atoms with Gasteiger partial charge in [0.15, 0.2) is 0 Å². The Balaban J connectivity index is 1.82. The molecular formula is C14H10N6O3S2. The minimum absolute atomic E-state index is 0.212. The molecule has 4 aromatic rings. The van der Waals surface area contributed by atoms with Crippen LogP contribution in [0.2, 0.25) is 0 Å². The molecule has 9 nitrogen and oxygen atoms in total. The normalized spacial score (nSPS) is 11.5. The van der Waals surface area contributed by atoms with Crippen LogP contribution in [0.1, 0.15) is 0 Å². The molecule has 0 unspecified atom stereocenters. The number of hydrogen-bond donors (Lipinski definition) is 2. The summed E-state index contributed by atoms with van der Waals surface area (Å²) in [6.07, 6.45) is 1.42. The van der Waals surface area contributed by atoms with Crippen LogP contribution in [-0.2, 0) is 10.0 Å². The van der Waals surface area contributed by atoms with Gasteiger partial charge in [-0.3, -0.25) is 4.72 Å². The molecule has 0 fully saturated rings. The predicted molar refractivity (Wildman–Crippen MR) is 90.2 cm³/mol. The molecule has 0 radical (unpaired) electrons. The number of sulfonamides is 1. The maximum Gasteiger partial charge on any atom is 0.271 e. The molecule has 0 saturated carbocycles. The van der Waals surface area contributed by atoms with Crippen LogP contribution in [0.5, 0.6) is 0 Å². The number of anilines is 1. The molecule has 0 spiro atoms. The highest BCUT2D eigenvalue weighted by Crippen LogP contribution is 2.32. The van der Waals surface area contributed by atoms with Gasteiger partial charge in [-0.1, -0.05) is 17.3 Å². The molecule has 0 amide bonds. The van der Waals surface area contributed by atoms with E-state index in [1.807, 2.05) is 0 Å². The van der Waals surface area contributed by atoms with Crippen molar-refractivity contribution >= 4 is 27.0 Å². The first-order valence-electron chi connectivity index (χ1n) is 6.98. The number of nitrogens with one attached hydrogen (secondary N) is 2. The lowest BCUT2D eigenvalue weighted by atomic mass is 10.1. The minimum Gasteiger partial charge on any atom is -0.364 e. The summed E-state index contributed by atoms with van der Waals surface area (Å²) >= 11 is 1.13. The number of rotatable bonds is 5. The number of thiophene rings is 1. The van der Waals surface area contributed by atoms with Crippen LogP contribution in [0.25, 0.3) is 22.6 Å². The van der Waals surface area contributed by atoms with Gasteiger partial charge in [0.2, 0.25) is 5.82 Å². The van der Waals surface area contributed by atoms with E-state index in [9.17, 15) is 8.42 Å². The number of aromatic amines is 1. The SMILES string of the molecule is O=S(=O)(Nc1cc(-c2nn[nH]n2)ccc1-c1ccon1)c1cccs1. The van der Waals surface area contributed by atoms with Gasteiger partial charge in [-0.05, 0) is 28.8 Å². The standard InChI is InChI=1S/C14H10N6O3S2/c21-25(22,13-2-1-7-24-13)18-12-8-9(14-15-19-20-16-14)3-4-10(12)11-5-6-23-17-11/h1-8,18H,(H,15,16,19,20). The highest BCUT2D eigenvalue weighted by Gasteiger charge is 2.19. The van der Waals surface area contributed by atoms with Gasteiger partial charge in [-0.15, -0.1) is 21.5 Å². The molecule has 0 saturated heterocycles. The topological polar surface area (TPSA) is 127 Å². The second-order valence-electron chi connectivity index (χ2n) is 4.92. The van der Waals surface area contributed by atoms with Crippen molar-refractivity contribution in [3.63, 3.8) is 0 Å². The van der Waals surface area contributed by atoms with Crippen LogP contribution in [-0.4, -0.2) is 34.2 Å². The van der Waals surface area contributed by atoms with E-state index < -0.39 is 10.0 Å². The Bertz CT molecular complexity index is 1070. The molecule has 126 valence electrons. The molecule has 4 rings (SSSR count). The Morgan fingerprint density at radius 1 is 1.20 bits per heavy atom. The average molecular weight is 374 g/mol. The Morgan fingerprint density at radius 3 is 2.80 bits per heavy atom. The first kappa shape index (κ1) is 15.5. The zero-order valence-corrected chi connectivity index (χ0v) is 14.1. The van der Waals surface area contributed by atoms with Gasteiger partial charge in [-0.2, -0.15) is 5.21 Å². The molecule has 3 heterocycles.